The Labute approximate surface area is 211 Å². The van der Waals surface area contributed by atoms with Crippen LogP contribution in [0.5, 0.6) is 0 Å². The van der Waals surface area contributed by atoms with Crippen LogP contribution in [0.2, 0.25) is 0 Å². The van der Waals surface area contributed by atoms with Crippen LogP contribution < -0.4 is 5.32 Å². The summed E-state index contributed by atoms with van der Waals surface area (Å²) < 4.78 is 5.69. The minimum atomic E-state index is -0.639. The van der Waals surface area contributed by atoms with E-state index in [4.69, 9.17) is 4.74 Å². The van der Waals surface area contributed by atoms with E-state index in [0.29, 0.717) is 43.1 Å². The maximum atomic E-state index is 12.0. The first-order chi connectivity index (χ1) is 16.7. The number of ether oxygens (including phenoxy) is 1. The third kappa shape index (κ3) is 5.94. The van der Waals surface area contributed by atoms with Crippen molar-refractivity contribution in [1.82, 2.24) is 5.32 Å². The van der Waals surface area contributed by atoms with Crippen molar-refractivity contribution in [2.24, 2.45) is 29.1 Å². The molecule has 7 atom stereocenters. The van der Waals surface area contributed by atoms with E-state index in [0.717, 1.165) is 30.4 Å². The van der Waals surface area contributed by atoms with Crippen LogP contribution in [0.25, 0.3) is 0 Å². The quantitative estimate of drug-likeness (QED) is 0.397. The van der Waals surface area contributed by atoms with Crippen LogP contribution in [0.15, 0.2) is 47.6 Å². The fraction of sp³-hybridized carbons (Fsp3) is 0.700. The topological polar surface area (TPSA) is 78.8 Å². The summed E-state index contributed by atoms with van der Waals surface area (Å²) in [6, 6.07) is 0. The average Bonchev–Trinajstić information content (AvgIpc) is 3.59. The fourth-order valence-corrected chi connectivity index (χ4v) is 7.05. The highest BCUT2D eigenvalue weighted by Crippen LogP contribution is 2.59. The molecule has 0 aromatic rings. The van der Waals surface area contributed by atoms with E-state index < -0.39 is 12.2 Å². The monoisotopic (exact) mass is 483 g/mol. The zero-order valence-electron chi connectivity index (χ0n) is 21.8. The first kappa shape index (κ1) is 26.2. The zero-order chi connectivity index (χ0) is 25.2. The molecule has 0 spiro atoms. The number of allylic oxidation sites excluding steroid dienone is 4. The number of aliphatic hydroxyl groups is 2. The van der Waals surface area contributed by atoms with Gasteiger partial charge in [-0.25, -0.2) is 4.79 Å². The van der Waals surface area contributed by atoms with Crippen LogP contribution >= 0.6 is 0 Å². The van der Waals surface area contributed by atoms with Gasteiger partial charge in [0.25, 0.3) is 0 Å². The first-order valence-corrected chi connectivity index (χ1v) is 13.8. The summed E-state index contributed by atoms with van der Waals surface area (Å²) in [6.45, 7) is 11.4. The number of fused-ring (bicyclic) bond motifs is 1. The number of aliphatic hydroxyl groups excluding tert-OH is 2. The molecule has 0 unspecified atom stereocenters. The van der Waals surface area contributed by atoms with Gasteiger partial charge in [-0.15, -0.1) is 0 Å². The molecule has 0 saturated heterocycles. The lowest BCUT2D eigenvalue weighted by Gasteiger charge is -2.44. The molecule has 5 nitrogen and oxygen atoms in total. The summed E-state index contributed by atoms with van der Waals surface area (Å²) in [5.74, 6) is 2.09. The molecular formula is C30H45NO4. The molecule has 35 heavy (non-hydrogen) atoms. The largest absolute Gasteiger partial charge is 0.442 e. The van der Waals surface area contributed by atoms with Crippen LogP contribution in [0.1, 0.15) is 78.6 Å². The van der Waals surface area contributed by atoms with E-state index in [2.05, 4.69) is 50.0 Å². The van der Waals surface area contributed by atoms with Crippen LogP contribution in [0.4, 0.5) is 4.79 Å². The number of nitrogens with one attached hydrogen (secondary N) is 1. The number of amides is 1. The van der Waals surface area contributed by atoms with Crippen LogP contribution in [-0.4, -0.2) is 41.2 Å². The highest BCUT2D eigenvalue weighted by atomic mass is 16.6. The van der Waals surface area contributed by atoms with E-state index >= 15 is 0 Å². The van der Waals surface area contributed by atoms with Crippen molar-refractivity contribution in [3.63, 3.8) is 0 Å². The second-order valence-electron chi connectivity index (χ2n) is 11.6. The third-order valence-electron chi connectivity index (χ3n) is 9.19. The lowest BCUT2D eigenvalue weighted by molar-refractivity contribution is 0.0862. The van der Waals surface area contributed by atoms with Gasteiger partial charge >= 0.3 is 6.09 Å². The lowest BCUT2D eigenvalue weighted by atomic mass is 9.61. The molecule has 4 fully saturated rings. The van der Waals surface area contributed by atoms with Gasteiger partial charge in [0.05, 0.1) is 12.2 Å². The maximum absolute atomic E-state index is 12.0. The Balaban J connectivity index is 1.45. The molecule has 5 heteroatoms. The van der Waals surface area contributed by atoms with Crippen molar-refractivity contribution >= 4 is 6.09 Å². The van der Waals surface area contributed by atoms with Crippen molar-refractivity contribution in [1.29, 1.82) is 0 Å². The molecule has 3 N–H and O–H groups in total. The molecule has 0 aromatic heterocycles. The molecule has 0 heterocycles. The Morgan fingerprint density at radius 3 is 2.71 bits per heavy atom. The summed E-state index contributed by atoms with van der Waals surface area (Å²) in [5.41, 5.74) is 3.53. The number of carbonyl (C=O) groups is 1. The highest BCUT2D eigenvalue weighted by molar-refractivity contribution is 5.67. The molecule has 194 valence electrons. The van der Waals surface area contributed by atoms with Gasteiger partial charge in [0.2, 0.25) is 0 Å². The van der Waals surface area contributed by atoms with Gasteiger partial charge in [-0.05, 0) is 105 Å². The molecule has 0 bridgehead atoms. The van der Waals surface area contributed by atoms with Gasteiger partial charge in [-0.3, -0.25) is 0 Å². The summed E-state index contributed by atoms with van der Waals surface area (Å²) in [5, 5.41) is 23.0. The minimum Gasteiger partial charge on any atom is -0.442 e. The Morgan fingerprint density at radius 1 is 1.23 bits per heavy atom. The summed E-state index contributed by atoms with van der Waals surface area (Å²) in [4.78, 5) is 12.0. The van der Waals surface area contributed by atoms with Gasteiger partial charge < -0.3 is 20.3 Å². The molecule has 0 aliphatic heterocycles. The van der Waals surface area contributed by atoms with Gasteiger partial charge in [0.1, 0.15) is 6.10 Å². The average molecular weight is 484 g/mol. The summed E-state index contributed by atoms with van der Waals surface area (Å²) in [6.07, 6.45) is 16.5. The van der Waals surface area contributed by atoms with Crippen LogP contribution in [0, 0.1) is 29.1 Å². The molecular weight excluding hydrogens is 438 g/mol. The fourth-order valence-electron chi connectivity index (χ4n) is 7.05. The smallest absolute Gasteiger partial charge is 0.407 e. The van der Waals surface area contributed by atoms with Crippen molar-refractivity contribution in [3.8, 4) is 0 Å². The van der Waals surface area contributed by atoms with Crippen LogP contribution in [-0.2, 0) is 4.74 Å². The number of rotatable bonds is 7. The third-order valence-corrected chi connectivity index (χ3v) is 9.19. The number of hydrogen-bond donors (Lipinski definition) is 3. The van der Waals surface area contributed by atoms with Crippen molar-refractivity contribution in [3.05, 3.63) is 47.6 Å². The van der Waals surface area contributed by atoms with Crippen molar-refractivity contribution < 1.29 is 19.7 Å². The van der Waals surface area contributed by atoms with Crippen molar-refractivity contribution in [2.45, 2.75) is 96.9 Å². The summed E-state index contributed by atoms with van der Waals surface area (Å²) >= 11 is 0. The standard InChI is InChI=1S/C30H45NO4/c1-5-31-29(34)35-28(22-10-11-22)15-8-19(2)25-13-14-26-21(7-6-16-30(25,26)4)9-12-23-17-24(32)18-27(33)20(23)3/h8-9,12,15,19,22,24-28,32-33H,3,5-7,10-11,13-14,16-18H2,1-2,4H3,(H,31,34)/b15-8+,21-9+,23-12-/t19-,24-,25-,26+,27+,28-,30-/m1/s1. The Bertz CT molecular complexity index is 885. The normalized spacial score (nSPS) is 37.5. The van der Waals surface area contributed by atoms with E-state index in [-0.39, 0.29) is 17.6 Å². The van der Waals surface area contributed by atoms with E-state index in [1.54, 1.807) is 0 Å². The van der Waals surface area contributed by atoms with E-state index in [1.807, 2.05) is 6.92 Å². The molecule has 0 aromatic carbocycles. The predicted molar refractivity (Wildman–Crippen MR) is 140 cm³/mol. The zero-order valence-corrected chi connectivity index (χ0v) is 21.8. The number of alkyl carbamates (subject to hydrolysis) is 1. The second-order valence-corrected chi connectivity index (χ2v) is 11.6. The van der Waals surface area contributed by atoms with Gasteiger partial charge in [-0.1, -0.05) is 44.2 Å². The van der Waals surface area contributed by atoms with E-state index in [9.17, 15) is 15.0 Å². The van der Waals surface area contributed by atoms with Crippen molar-refractivity contribution in [2.75, 3.05) is 6.54 Å². The Morgan fingerprint density at radius 2 is 2.00 bits per heavy atom. The SMILES string of the molecule is C=C1/C(=C\C=C2/CCC[C@]3(C)[C@@H]([C@H](C)/C=C/[C@@H](OC(=O)NCC)C4CC4)CC[C@@H]23)C[C@@H](O)C[C@@H]1O. The molecule has 4 rings (SSSR count). The van der Waals surface area contributed by atoms with Crippen LogP contribution in [0.3, 0.4) is 0 Å². The number of hydrogen-bond acceptors (Lipinski definition) is 4. The Hall–Kier alpha value is -1.85. The first-order valence-electron chi connectivity index (χ1n) is 13.8. The lowest BCUT2D eigenvalue weighted by Crippen LogP contribution is -2.35. The minimum absolute atomic E-state index is 0.114. The maximum Gasteiger partial charge on any atom is 0.407 e. The predicted octanol–water partition coefficient (Wildman–Crippen LogP) is 5.84. The van der Waals surface area contributed by atoms with Gasteiger partial charge in [-0.2, -0.15) is 0 Å². The molecule has 0 radical (unpaired) electrons. The summed E-state index contributed by atoms with van der Waals surface area (Å²) in [7, 11) is 0. The molecule has 4 aliphatic rings. The molecule has 4 aliphatic carbocycles. The van der Waals surface area contributed by atoms with Gasteiger partial charge in [0, 0.05) is 13.0 Å². The highest BCUT2D eigenvalue weighted by Gasteiger charge is 2.50. The molecule has 1 amide bonds. The van der Waals surface area contributed by atoms with Gasteiger partial charge in [0.15, 0.2) is 0 Å². The second kappa shape index (κ2) is 11.0. The molecule has 4 saturated carbocycles. The van der Waals surface area contributed by atoms with E-state index in [1.165, 1.54) is 31.3 Å². The Kier molecular flexibility index (Phi) is 8.27. The number of carbonyl (C=O) groups excluding carboxylic acids is 1.